The molecule has 0 unspecified atom stereocenters. The van der Waals surface area contributed by atoms with Crippen molar-refractivity contribution in [3.05, 3.63) is 55.4 Å². The third-order valence-electron chi connectivity index (χ3n) is 4.90. The molecule has 3 aromatic rings. The summed E-state index contributed by atoms with van der Waals surface area (Å²) in [6.45, 7) is 1.24. The number of carbonyl (C=O) groups excluding carboxylic acids is 1. The van der Waals surface area contributed by atoms with E-state index in [1.54, 1.807) is 18.2 Å². The number of aromatic amines is 1. The molecule has 1 aromatic carbocycles. The number of thiazole rings is 1. The van der Waals surface area contributed by atoms with E-state index in [1.165, 1.54) is 13.0 Å². The van der Waals surface area contributed by atoms with Gasteiger partial charge in [0.25, 0.3) is 5.56 Å². The minimum atomic E-state index is -1.07. The predicted molar refractivity (Wildman–Crippen MR) is 110 cm³/mol. The lowest BCUT2D eigenvalue weighted by Crippen LogP contribution is -2.30. The van der Waals surface area contributed by atoms with E-state index in [0.717, 1.165) is 4.57 Å². The average molecular weight is 446 g/mol. The van der Waals surface area contributed by atoms with Crippen LogP contribution in [-0.4, -0.2) is 43.8 Å². The summed E-state index contributed by atoms with van der Waals surface area (Å²) >= 11 is 0.681. The fourth-order valence-electron chi connectivity index (χ4n) is 3.72. The van der Waals surface area contributed by atoms with Crippen molar-refractivity contribution in [1.82, 2.24) is 14.5 Å². The summed E-state index contributed by atoms with van der Waals surface area (Å²) in [6, 6.07) is 6.50. The molecule has 1 fully saturated rings. The van der Waals surface area contributed by atoms with E-state index >= 15 is 0 Å². The molecule has 0 aliphatic carbocycles. The molecule has 1 aliphatic heterocycles. The Balaban J connectivity index is 1.73. The maximum absolute atomic E-state index is 12.7. The van der Waals surface area contributed by atoms with Crippen molar-refractivity contribution in [3.63, 3.8) is 0 Å². The first kappa shape index (κ1) is 20.8. The highest BCUT2D eigenvalue weighted by Crippen LogP contribution is 2.34. The fraction of sp³-hybridized carbons (Fsp3) is 0.316. The zero-order valence-electron chi connectivity index (χ0n) is 16.2. The van der Waals surface area contributed by atoms with E-state index in [-0.39, 0.29) is 34.7 Å². The van der Waals surface area contributed by atoms with Gasteiger partial charge in [-0.1, -0.05) is 29.5 Å². The number of hydrogen-bond donors (Lipinski definition) is 3. The number of nitrogen functional groups attached to an aromatic ring is 1. The zero-order valence-corrected chi connectivity index (χ0v) is 17.0. The Hall–Kier alpha value is -3.51. The van der Waals surface area contributed by atoms with E-state index < -0.39 is 40.8 Å². The van der Waals surface area contributed by atoms with Crippen LogP contribution in [0.15, 0.2) is 33.9 Å². The van der Waals surface area contributed by atoms with E-state index in [1.807, 2.05) is 0 Å². The summed E-state index contributed by atoms with van der Waals surface area (Å²) in [4.78, 5) is 53.9. The number of nitrogens with two attached hydrogens (primary N) is 1. The Bertz CT molecular complexity index is 1290. The summed E-state index contributed by atoms with van der Waals surface area (Å²) < 4.78 is 12.6. The third-order valence-corrected chi connectivity index (χ3v) is 5.85. The molecule has 11 nitrogen and oxygen atoms in total. The van der Waals surface area contributed by atoms with Crippen molar-refractivity contribution in [2.75, 3.05) is 5.73 Å². The highest BCUT2D eigenvalue weighted by molar-refractivity contribution is 7.16. The molecular weight excluding hydrogens is 428 g/mol. The quantitative estimate of drug-likeness (QED) is 0.482. The van der Waals surface area contributed by atoms with Crippen LogP contribution in [0, 0.1) is 0 Å². The molecule has 162 valence electrons. The topological polar surface area (TPSA) is 167 Å². The number of esters is 1. The molecule has 2 aromatic heterocycles. The summed E-state index contributed by atoms with van der Waals surface area (Å²) in [5.41, 5.74) is 5.79. The molecular formula is C19H18N4O7S. The number of benzene rings is 1. The molecule has 4 rings (SSSR count). The maximum atomic E-state index is 12.7. The number of rotatable bonds is 5. The van der Waals surface area contributed by atoms with Crippen molar-refractivity contribution in [1.29, 1.82) is 0 Å². The number of aromatic nitrogens is 3. The molecule has 3 atom stereocenters. The Morgan fingerprint density at radius 2 is 2.13 bits per heavy atom. The molecule has 0 amide bonds. The van der Waals surface area contributed by atoms with Crippen LogP contribution in [0.5, 0.6) is 0 Å². The number of carboxylic acid groups (broad SMARTS) is 1. The third kappa shape index (κ3) is 3.94. The number of carboxylic acids is 1. The Morgan fingerprint density at radius 1 is 1.39 bits per heavy atom. The molecule has 1 aliphatic rings. The number of fused-ring (bicyclic) bond motifs is 1. The van der Waals surface area contributed by atoms with Gasteiger partial charge in [0.1, 0.15) is 10.8 Å². The highest BCUT2D eigenvalue weighted by Gasteiger charge is 2.41. The number of nitrogens with zero attached hydrogens (tertiary/aromatic N) is 2. The van der Waals surface area contributed by atoms with E-state index in [4.69, 9.17) is 15.2 Å². The second-order valence-electron chi connectivity index (χ2n) is 7.04. The molecule has 31 heavy (non-hydrogen) atoms. The van der Waals surface area contributed by atoms with Crippen LogP contribution in [0.2, 0.25) is 0 Å². The lowest BCUT2D eigenvalue weighted by atomic mass is 10.00. The molecule has 12 heteroatoms. The van der Waals surface area contributed by atoms with Crippen LogP contribution in [-0.2, 0) is 20.7 Å². The molecule has 0 saturated carbocycles. The van der Waals surface area contributed by atoms with Gasteiger partial charge in [-0.3, -0.25) is 23.9 Å². The Labute approximate surface area is 178 Å². The van der Waals surface area contributed by atoms with Gasteiger partial charge in [0.2, 0.25) is 5.95 Å². The standard InChI is InChI=1S/C19H18N4O7S/c1-8(24)29-12-7-10(6-9-4-2-3-5-11(9)17(26)27)30-16(12)23-14-13(31-19(23)28)15(25)22-18(20)21-14/h2-5,10,12,16H,6-7H2,1H3,(H,26,27)(H3,20,21,22,25)/t10-,12+,16+/m0/s1. The largest absolute Gasteiger partial charge is 0.478 e. The first-order valence-corrected chi connectivity index (χ1v) is 10.1. The number of carbonyl (C=O) groups is 2. The average Bonchev–Trinajstić information content (AvgIpc) is 3.21. The second-order valence-corrected chi connectivity index (χ2v) is 8.00. The van der Waals surface area contributed by atoms with Crippen LogP contribution in [0.4, 0.5) is 5.95 Å². The van der Waals surface area contributed by atoms with Crippen LogP contribution in [0.25, 0.3) is 10.3 Å². The van der Waals surface area contributed by atoms with Gasteiger partial charge in [0.15, 0.2) is 11.9 Å². The normalized spacial score (nSPS) is 20.7. The monoisotopic (exact) mass is 446 g/mol. The SMILES string of the molecule is CC(=O)O[C@@H]1C[C@H](Cc2ccccc2C(=O)O)O[C@H]1n1c(=O)sc2c(=O)[nH]c(N)nc21. The lowest BCUT2D eigenvalue weighted by Gasteiger charge is -2.19. The van der Waals surface area contributed by atoms with Gasteiger partial charge in [0, 0.05) is 13.3 Å². The zero-order chi connectivity index (χ0) is 22.3. The summed E-state index contributed by atoms with van der Waals surface area (Å²) in [6.07, 6.45) is -1.97. The Kier molecular flexibility index (Phi) is 5.33. The van der Waals surface area contributed by atoms with Crippen molar-refractivity contribution >= 4 is 39.6 Å². The minimum absolute atomic E-state index is 0.0324. The molecule has 4 N–H and O–H groups in total. The van der Waals surface area contributed by atoms with Gasteiger partial charge in [-0.2, -0.15) is 4.98 Å². The first-order chi connectivity index (χ1) is 14.7. The van der Waals surface area contributed by atoms with Crippen molar-refractivity contribution in [3.8, 4) is 0 Å². The van der Waals surface area contributed by atoms with Crippen LogP contribution in [0.3, 0.4) is 0 Å². The lowest BCUT2D eigenvalue weighted by molar-refractivity contribution is -0.152. The van der Waals surface area contributed by atoms with Gasteiger partial charge < -0.3 is 20.3 Å². The van der Waals surface area contributed by atoms with E-state index in [9.17, 15) is 24.3 Å². The predicted octanol–water partition coefficient (Wildman–Crippen LogP) is 0.889. The summed E-state index contributed by atoms with van der Waals surface area (Å²) in [5.74, 6) is -1.80. The van der Waals surface area contributed by atoms with Gasteiger partial charge in [-0.15, -0.1) is 0 Å². The molecule has 0 spiro atoms. The van der Waals surface area contributed by atoms with Crippen LogP contribution < -0.4 is 16.2 Å². The van der Waals surface area contributed by atoms with Gasteiger partial charge >= 0.3 is 16.8 Å². The number of H-pyrrole nitrogens is 1. The smallest absolute Gasteiger partial charge is 0.335 e. The van der Waals surface area contributed by atoms with Gasteiger partial charge in [-0.05, 0) is 18.1 Å². The molecule has 1 saturated heterocycles. The number of ether oxygens (including phenoxy) is 2. The maximum Gasteiger partial charge on any atom is 0.335 e. The van der Waals surface area contributed by atoms with Crippen LogP contribution in [0.1, 0.15) is 35.5 Å². The number of nitrogens with one attached hydrogen (secondary N) is 1. The summed E-state index contributed by atoms with van der Waals surface area (Å²) in [7, 11) is 0. The van der Waals surface area contributed by atoms with Crippen LogP contribution >= 0.6 is 11.3 Å². The van der Waals surface area contributed by atoms with E-state index in [0.29, 0.717) is 16.9 Å². The number of anilines is 1. The Morgan fingerprint density at radius 3 is 2.84 bits per heavy atom. The summed E-state index contributed by atoms with van der Waals surface area (Å²) in [5, 5.41) is 9.41. The first-order valence-electron chi connectivity index (χ1n) is 9.29. The molecule has 0 bridgehead atoms. The van der Waals surface area contributed by atoms with Crippen molar-refractivity contribution in [2.24, 2.45) is 0 Å². The molecule has 3 heterocycles. The molecule has 0 radical (unpaired) electrons. The van der Waals surface area contributed by atoms with Crippen molar-refractivity contribution < 1.29 is 24.2 Å². The minimum Gasteiger partial charge on any atom is -0.478 e. The fourth-order valence-corrected chi connectivity index (χ4v) is 4.56. The number of aromatic carboxylic acids is 1. The van der Waals surface area contributed by atoms with E-state index in [2.05, 4.69) is 9.97 Å². The van der Waals surface area contributed by atoms with Crippen molar-refractivity contribution in [2.45, 2.75) is 38.2 Å². The highest BCUT2D eigenvalue weighted by atomic mass is 32.1. The van der Waals surface area contributed by atoms with Gasteiger partial charge in [-0.25, -0.2) is 4.79 Å². The second kappa shape index (κ2) is 7.96. The van der Waals surface area contributed by atoms with Gasteiger partial charge in [0.05, 0.1) is 11.7 Å². The number of hydrogen-bond acceptors (Lipinski definition) is 9.